The molecule has 23 heavy (non-hydrogen) atoms. The number of alkyl halides is 2. The van der Waals surface area contributed by atoms with Gasteiger partial charge in [-0.15, -0.1) is 0 Å². The third-order valence-corrected chi connectivity index (χ3v) is 3.58. The molecular formula is C16H24F2N2O3. The third-order valence-electron chi connectivity index (χ3n) is 3.58. The lowest BCUT2D eigenvalue weighted by atomic mass is 9.99. The van der Waals surface area contributed by atoms with Crippen LogP contribution in [0.4, 0.5) is 8.78 Å². The van der Waals surface area contributed by atoms with Crippen molar-refractivity contribution < 1.29 is 23.0 Å². The standard InChI is InChI=1S/C16H24F2N2O3/c1-4-10(3)13(19)15(21)20-9-11-7-6-8-12(22-5-2)14(11)23-16(17)18/h6-8,10,13,16H,4-5,9,19H2,1-3H3,(H,20,21). The van der Waals surface area contributed by atoms with E-state index in [1.54, 1.807) is 19.1 Å². The first-order valence-electron chi connectivity index (χ1n) is 7.63. The molecule has 0 heterocycles. The van der Waals surface area contributed by atoms with Crippen LogP contribution >= 0.6 is 0 Å². The maximum Gasteiger partial charge on any atom is 0.387 e. The molecule has 0 saturated heterocycles. The van der Waals surface area contributed by atoms with E-state index in [2.05, 4.69) is 10.1 Å². The van der Waals surface area contributed by atoms with Crippen molar-refractivity contribution in [3.63, 3.8) is 0 Å². The molecule has 0 saturated carbocycles. The molecule has 1 amide bonds. The average molecular weight is 330 g/mol. The largest absolute Gasteiger partial charge is 0.490 e. The van der Waals surface area contributed by atoms with Crippen molar-refractivity contribution in [1.82, 2.24) is 5.32 Å². The van der Waals surface area contributed by atoms with Crippen molar-refractivity contribution in [3.05, 3.63) is 23.8 Å². The van der Waals surface area contributed by atoms with Gasteiger partial charge in [0.15, 0.2) is 11.5 Å². The third kappa shape index (κ3) is 5.67. The van der Waals surface area contributed by atoms with Crippen LogP contribution in [0.15, 0.2) is 18.2 Å². The number of carbonyl (C=O) groups excluding carboxylic acids is 1. The second kappa shape index (κ2) is 9.29. The number of benzene rings is 1. The van der Waals surface area contributed by atoms with E-state index in [-0.39, 0.29) is 29.9 Å². The minimum absolute atomic E-state index is 0.0292. The number of hydrogen-bond acceptors (Lipinski definition) is 4. The molecule has 3 N–H and O–H groups in total. The zero-order valence-corrected chi connectivity index (χ0v) is 13.6. The average Bonchev–Trinajstić information content (AvgIpc) is 2.53. The number of ether oxygens (including phenoxy) is 2. The summed E-state index contributed by atoms with van der Waals surface area (Å²) in [6, 6.07) is 4.14. The van der Waals surface area contributed by atoms with Crippen molar-refractivity contribution in [2.45, 2.75) is 46.4 Å². The Kier molecular flexibility index (Phi) is 7.74. The van der Waals surface area contributed by atoms with Gasteiger partial charge in [-0.1, -0.05) is 32.4 Å². The molecule has 1 rings (SSSR count). The number of hydrogen-bond donors (Lipinski definition) is 2. The summed E-state index contributed by atoms with van der Waals surface area (Å²) in [7, 11) is 0. The Morgan fingerprint density at radius 2 is 2.04 bits per heavy atom. The maximum absolute atomic E-state index is 12.6. The summed E-state index contributed by atoms with van der Waals surface area (Å²) in [4.78, 5) is 12.0. The SMILES string of the molecule is CCOc1cccc(CNC(=O)C(N)C(C)CC)c1OC(F)F. The Morgan fingerprint density at radius 3 is 2.61 bits per heavy atom. The fourth-order valence-corrected chi connectivity index (χ4v) is 2.01. The van der Waals surface area contributed by atoms with Gasteiger partial charge in [-0.3, -0.25) is 4.79 Å². The van der Waals surface area contributed by atoms with Crippen LogP contribution < -0.4 is 20.5 Å². The summed E-state index contributed by atoms with van der Waals surface area (Å²) in [5, 5.41) is 2.65. The normalized spacial score (nSPS) is 13.5. The number of halogens is 2. The molecule has 0 aliphatic carbocycles. The lowest BCUT2D eigenvalue weighted by Crippen LogP contribution is -2.44. The summed E-state index contributed by atoms with van der Waals surface area (Å²) in [5.41, 5.74) is 6.25. The van der Waals surface area contributed by atoms with Gasteiger partial charge in [0.25, 0.3) is 0 Å². The van der Waals surface area contributed by atoms with E-state index in [9.17, 15) is 13.6 Å². The predicted molar refractivity (Wildman–Crippen MR) is 83.5 cm³/mol. The molecule has 5 nitrogen and oxygen atoms in total. The molecule has 1 aromatic carbocycles. The molecule has 130 valence electrons. The Bertz CT molecular complexity index is 512. The first-order chi connectivity index (χ1) is 10.9. The van der Waals surface area contributed by atoms with Gasteiger partial charge in [0, 0.05) is 12.1 Å². The Labute approximate surface area is 135 Å². The quantitative estimate of drug-likeness (QED) is 0.730. The smallest absolute Gasteiger partial charge is 0.387 e. The maximum atomic E-state index is 12.6. The van der Waals surface area contributed by atoms with E-state index < -0.39 is 12.7 Å². The minimum Gasteiger partial charge on any atom is -0.490 e. The van der Waals surface area contributed by atoms with Crippen LogP contribution in [0.5, 0.6) is 11.5 Å². The van der Waals surface area contributed by atoms with Crippen molar-refractivity contribution >= 4 is 5.91 Å². The first kappa shape index (κ1) is 19.2. The Hall–Kier alpha value is -1.89. The van der Waals surface area contributed by atoms with E-state index in [1.807, 2.05) is 13.8 Å². The molecule has 7 heteroatoms. The van der Waals surface area contributed by atoms with Gasteiger partial charge in [0.2, 0.25) is 5.91 Å². The summed E-state index contributed by atoms with van der Waals surface area (Å²) in [5.74, 6) is -0.154. The molecule has 0 bridgehead atoms. The van der Waals surface area contributed by atoms with E-state index in [0.29, 0.717) is 12.2 Å². The predicted octanol–water partition coefficient (Wildman–Crippen LogP) is 2.68. The van der Waals surface area contributed by atoms with Gasteiger partial charge < -0.3 is 20.5 Å². The van der Waals surface area contributed by atoms with E-state index in [4.69, 9.17) is 10.5 Å². The number of rotatable bonds is 9. The van der Waals surface area contributed by atoms with Gasteiger partial charge in [-0.05, 0) is 18.9 Å². The molecule has 0 aliphatic heterocycles. The highest BCUT2D eigenvalue weighted by Gasteiger charge is 2.21. The van der Waals surface area contributed by atoms with Crippen LogP contribution in [0.25, 0.3) is 0 Å². The second-order valence-corrected chi connectivity index (χ2v) is 5.19. The van der Waals surface area contributed by atoms with Crippen LogP contribution in [0, 0.1) is 5.92 Å². The van der Waals surface area contributed by atoms with Crippen LogP contribution in [0.2, 0.25) is 0 Å². The van der Waals surface area contributed by atoms with Gasteiger partial charge in [-0.25, -0.2) is 0 Å². The van der Waals surface area contributed by atoms with Gasteiger partial charge in [0.05, 0.1) is 12.6 Å². The molecule has 0 radical (unpaired) electrons. The van der Waals surface area contributed by atoms with E-state index in [1.165, 1.54) is 6.07 Å². The summed E-state index contributed by atoms with van der Waals surface area (Å²) in [6.45, 7) is 2.93. The number of nitrogens with two attached hydrogens (primary N) is 1. The second-order valence-electron chi connectivity index (χ2n) is 5.19. The topological polar surface area (TPSA) is 73.6 Å². The molecule has 0 fully saturated rings. The summed E-state index contributed by atoms with van der Waals surface area (Å²) in [6.07, 6.45) is 0.772. The zero-order valence-electron chi connectivity index (χ0n) is 13.6. The summed E-state index contributed by atoms with van der Waals surface area (Å²) >= 11 is 0. The number of nitrogens with one attached hydrogen (secondary N) is 1. The fourth-order valence-electron chi connectivity index (χ4n) is 2.01. The molecule has 0 aliphatic rings. The van der Waals surface area contributed by atoms with Gasteiger partial charge in [0.1, 0.15) is 0 Å². The van der Waals surface area contributed by atoms with Crippen LogP contribution in [0.1, 0.15) is 32.8 Å². The first-order valence-corrected chi connectivity index (χ1v) is 7.63. The molecule has 2 unspecified atom stereocenters. The van der Waals surface area contributed by atoms with Crippen LogP contribution in [0.3, 0.4) is 0 Å². The number of para-hydroxylation sites is 1. The van der Waals surface area contributed by atoms with Gasteiger partial charge in [-0.2, -0.15) is 8.78 Å². The Balaban J connectivity index is 2.86. The highest BCUT2D eigenvalue weighted by atomic mass is 19.3. The monoisotopic (exact) mass is 330 g/mol. The molecular weight excluding hydrogens is 306 g/mol. The van der Waals surface area contributed by atoms with Crippen LogP contribution in [-0.2, 0) is 11.3 Å². The molecule has 2 atom stereocenters. The molecule has 1 aromatic rings. The minimum atomic E-state index is -2.98. The lowest BCUT2D eigenvalue weighted by molar-refractivity contribution is -0.123. The fraction of sp³-hybridized carbons (Fsp3) is 0.562. The van der Waals surface area contributed by atoms with Crippen molar-refractivity contribution in [3.8, 4) is 11.5 Å². The lowest BCUT2D eigenvalue weighted by Gasteiger charge is -2.19. The van der Waals surface area contributed by atoms with Crippen molar-refractivity contribution in [1.29, 1.82) is 0 Å². The van der Waals surface area contributed by atoms with Gasteiger partial charge >= 0.3 is 6.61 Å². The van der Waals surface area contributed by atoms with Crippen LogP contribution in [-0.4, -0.2) is 25.2 Å². The molecule has 0 spiro atoms. The molecule has 0 aromatic heterocycles. The highest BCUT2D eigenvalue weighted by molar-refractivity contribution is 5.81. The zero-order chi connectivity index (χ0) is 17.4. The van der Waals surface area contributed by atoms with E-state index >= 15 is 0 Å². The van der Waals surface area contributed by atoms with Crippen molar-refractivity contribution in [2.24, 2.45) is 11.7 Å². The highest BCUT2D eigenvalue weighted by Crippen LogP contribution is 2.32. The number of amides is 1. The Morgan fingerprint density at radius 1 is 1.35 bits per heavy atom. The van der Waals surface area contributed by atoms with Crippen molar-refractivity contribution in [2.75, 3.05) is 6.61 Å². The summed E-state index contributed by atoms with van der Waals surface area (Å²) < 4.78 is 35.1. The van der Waals surface area contributed by atoms with E-state index in [0.717, 1.165) is 6.42 Å². The number of carbonyl (C=O) groups is 1.